The summed E-state index contributed by atoms with van der Waals surface area (Å²) in [4.78, 5) is 16.7. The van der Waals surface area contributed by atoms with Crippen molar-refractivity contribution in [3.05, 3.63) is 93.2 Å². The quantitative estimate of drug-likeness (QED) is 0.151. The fourth-order valence-electron chi connectivity index (χ4n) is 5.34. The molecule has 0 amide bonds. The number of ether oxygens (including phenoxy) is 1. The second-order valence-electron chi connectivity index (χ2n) is 10.9. The van der Waals surface area contributed by atoms with Crippen LogP contribution in [0, 0.1) is 12.8 Å². The highest BCUT2D eigenvalue weighted by Crippen LogP contribution is 2.43. The van der Waals surface area contributed by atoms with Crippen LogP contribution in [0.1, 0.15) is 87.9 Å². The predicted octanol–water partition coefficient (Wildman–Crippen LogP) is 10.4. The van der Waals surface area contributed by atoms with E-state index >= 15 is 0 Å². The van der Waals surface area contributed by atoms with Gasteiger partial charge >= 0.3 is 5.97 Å². The summed E-state index contributed by atoms with van der Waals surface area (Å²) in [6, 6.07) is 17.5. The molecule has 0 spiro atoms. The van der Waals surface area contributed by atoms with Gasteiger partial charge in [0.1, 0.15) is 0 Å². The molecule has 1 unspecified atom stereocenters. The zero-order chi connectivity index (χ0) is 32.1. The molecule has 0 aliphatic carbocycles. The van der Waals surface area contributed by atoms with E-state index in [1.807, 2.05) is 30.1 Å². The SMILES string of the molecule is CCCC.CCNc1nc(CC(=O)OCC)cs1.CSc1cccc([C@@H]2c3cc(Cl)ccc3-n3cccc3CCC2C)c1C. The Kier molecular flexibility index (Phi) is 14.8. The van der Waals surface area contributed by atoms with Crippen molar-refractivity contribution >= 4 is 45.8 Å². The van der Waals surface area contributed by atoms with E-state index in [2.05, 4.69) is 97.5 Å². The molecule has 8 heteroatoms. The van der Waals surface area contributed by atoms with Crippen LogP contribution in [0.25, 0.3) is 5.69 Å². The van der Waals surface area contributed by atoms with E-state index in [1.54, 1.807) is 6.92 Å². The number of carbonyl (C=O) groups excluding carboxylic acids is 1. The molecule has 4 aromatic rings. The Morgan fingerprint density at radius 2 is 1.89 bits per heavy atom. The van der Waals surface area contributed by atoms with Gasteiger partial charge < -0.3 is 14.6 Å². The Balaban J connectivity index is 0.000000248. The Labute approximate surface area is 277 Å². The molecule has 0 radical (unpaired) electrons. The van der Waals surface area contributed by atoms with Crippen molar-refractivity contribution in [2.75, 3.05) is 24.7 Å². The molecule has 1 aliphatic heterocycles. The lowest BCUT2D eigenvalue weighted by Crippen LogP contribution is -2.19. The summed E-state index contributed by atoms with van der Waals surface area (Å²) in [6.07, 6.45) is 9.51. The van der Waals surface area contributed by atoms with Gasteiger partial charge in [-0.1, -0.05) is 57.3 Å². The summed E-state index contributed by atoms with van der Waals surface area (Å²) in [7, 11) is 0. The largest absolute Gasteiger partial charge is 0.466 e. The van der Waals surface area contributed by atoms with E-state index in [-0.39, 0.29) is 12.4 Å². The van der Waals surface area contributed by atoms with E-state index in [4.69, 9.17) is 16.3 Å². The number of esters is 1. The van der Waals surface area contributed by atoms with Crippen LogP contribution in [0.3, 0.4) is 0 Å². The monoisotopic (exact) mass is 653 g/mol. The van der Waals surface area contributed by atoms with Crippen molar-refractivity contribution in [2.24, 2.45) is 5.92 Å². The molecular formula is C36H48ClN3O2S2. The zero-order valence-electron chi connectivity index (χ0n) is 27.3. The maximum absolute atomic E-state index is 11.1. The maximum Gasteiger partial charge on any atom is 0.311 e. The summed E-state index contributed by atoms with van der Waals surface area (Å²) in [6.45, 7) is 14.1. The molecule has 2 aromatic heterocycles. The van der Waals surface area contributed by atoms with E-state index in [9.17, 15) is 4.79 Å². The van der Waals surface area contributed by atoms with E-state index in [1.165, 1.54) is 63.6 Å². The number of fused-ring (bicyclic) bond motifs is 3. The van der Waals surface area contributed by atoms with E-state index in [0.29, 0.717) is 18.4 Å². The summed E-state index contributed by atoms with van der Waals surface area (Å²) in [5, 5.41) is 6.63. The van der Waals surface area contributed by atoms with Gasteiger partial charge in [0, 0.05) is 45.3 Å². The lowest BCUT2D eigenvalue weighted by Gasteiger charge is -2.32. The molecular weight excluding hydrogens is 606 g/mol. The number of benzene rings is 2. The first-order valence-electron chi connectivity index (χ1n) is 15.7. The minimum atomic E-state index is -0.221. The van der Waals surface area contributed by atoms with Gasteiger partial charge in [-0.25, -0.2) is 4.98 Å². The van der Waals surface area contributed by atoms with Gasteiger partial charge in [-0.15, -0.1) is 23.1 Å². The number of aryl methyl sites for hydroxylation is 1. The van der Waals surface area contributed by atoms with Gasteiger partial charge in [0.25, 0.3) is 0 Å². The highest BCUT2D eigenvalue weighted by molar-refractivity contribution is 7.98. The molecule has 2 atom stereocenters. The van der Waals surface area contributed by atoms with Gasteiger partial charge in [0.2, 0.25) is 0 Å². The van der Waals surface area contributed by atoms with Crippen LogP contribution in [-0.4, -0.2) is 34.9 Å². The molecule has 2 aromatic carbocycles. The fraction of sp³-hybridized carbons (Fsp3) is 0.444. The Morgan fingerprint density at radius 1 is 1.11 bits per heavy atom. The van der Waals surface area contributed by atoms with E-state index < -0.39 is 0 Å². The van der Waals surface area contributed by atoms with E-state index in [0.717, 1.165) is 28.8 Å². The third-order valence-corrected chi connectivity index (χ3v) is 9.70. The van der Waals surface area contributed by atoms with Crippen LogP contribution < -0.4 is 5.32 Å². The van der Waals surface area contributed by atoms with Crippen LogP contribution in [0.5, 0.6) is 0 Å². The summed E-state index contributed by atoms with van der Waals surface area (Å²) in [5.74, 6) is 0.680. The van der Waals surface area contributed by atoms with Crippen molar-refractivity contribution in [1.82, 2.24) is 9.55 Å². The zero-order valence-corrected chi connectivity index (χ0v) is 29.7. The lowest BCUT2D eigenvalue weighted by atomic mass is 9.76. The fourth-order valence-corrected chi connectivity index (χ4v) is 6.94. The van der Waals surface area contributed by atoms with Crippen molar-refractivity contribution < 1.29 is 9.53 Å². The number of nitrogens with zero attached hydrogens (tertiary/aromatic N) is 2. The molecule has 0 bridgehead atoms. The highest BCUT2D eigenvalue weighted by atomic mass is 35.5. The Hall–Kier alpha value is -2.74. The molecule has 5 nitrogen and oxygen atoms in total. The summed E-state index contributed by atoms with van der Waals surface area (Å²) < 4.78 is 7.17. The first-order valence-corrected chi connectivity index (χ1v) is 18.2. The van der Waals surface area contributed by atoms with Gasteiger partial charge in [0.15, 0.2) is 5.13 Å². The van der Waals surface area contributed by atoms with Crippen LogP contribution >= 0.6 is 34.7 Å². The summed E-state index contributed by atoms with van der Waals surface area (Å²) in [5.41, 5.74) is 7.58. The third kappa shape index (κ3) is 9.63. The number of unbranched alkanes of at least 4 members (excludes halogenated alkanes) is 1. The number of anilines is 1. The van der Waals surface area contributed by atoms with Crippen molar-refractivity contribution in [1.29, 1.82) is 0 Å². The van der Waals surface area contributed by atoms with Crippen LogP contribution in [0.4, 0.5) is 5.13 Å². The number of thioether (sulfide) groups is 1. The second-order valence-corrected chi connectivity index (χ2v) is 13.0. The van der Waals surface area contributed by atoms with Crippen molar-refractivity contribution in [2.45, 2.75) is 84.5 Å². The van der Waals surface area contributed by atoms with Crippen LogP contribution in [0.2, 0.25) is 5.02 Å². The first kappa shape index (κ1) is 35.7. The predicted molar refractivity (Wildman–Crippen MR) is 190 cm³/mol. The molecule has 3 heterocycles. The smallest absolute Gasteiger partial charge is 0.311 e. The van der Waals surface area contributed by atoms with Crippen LogP contribution in [-0.2, 0) is 22.4 Å². The second kappa shape index (κ2) is 18.3. The number of carbonyl (C=O) groups is 1. The van der Waals surface area contributed by atoms with Crippen LogP contribution in [0.15, 0.2) is 65.0 Å². The number of hydrogen-bond donors (Lipinski definition) is 1. The molecule has 1 N–H and O–H groups in total. The van der Waals surface area contributed by atoms with Crippen molar-refractivity contribution in [3.8, 4) is 5.69 Å². The number of halogens is 1. The van der Waals surface area contributed by atoms with Gasteiger partial charge in [0.05, 0.1) is 18.7 Å². The first-order chi connectivity index (χ1) is 21.3. The summed E-state index contributed by atoms with van der Waals surface area (Å²) >= 11 is 9.79. The molecule has 1 aliphatic rings. The number of rotatable bonds is 8. The molecule has 44 heavy (non-hydrogen) atoms. The average molecular weight is 654 g/mol. The maximum atomic E-state index is 11.1. The van der Waals surface area contributed by atoms with Gasteiger partial charge in [-0.2, -0.15) is 0 Å². The molecule has 0 saturated heterocycles. The lowest BCUT2D eigenvalue weighted by molar-refractivity contribution is -0.142. The Morgan fingerprint density at radius 3 is 2.57 bits per heavy atom. The topological polar surface area (TPSA) is 56.1 Å². The van der Waals surface area contributed by atoms with Gasteiger partial charge in [-0.05, 0) is 98.9 Å². The standard InChI is InChI=1S/C23H24ClNS.C9H14N2O2S.C4H10/c1-15-9-11-18-6-5-13-25(18)21-12-10-17(24)14-20(21)23(15)19-7-4-8-22(26-3)16(19)2;1-3-10-9-11-7(6-14-9)5-8(12)13-4-2;1-3-4-2/h4-8,10,12-15,23H,9,11H2,1-3H3;6H,3-5H2,1-2H3,(H,10,11);3-4H2,1-2H3/t15?,23-;;/m1../s1. The average Bonchev–Trinajstić information content (AvgIpc) is 3.66. The number of nitrogens with one attached hydrogen (secondary N) is 1. The normalized spacial score (nSPS) is 15.3. The molecule has 0 saturated carbocycles. The highest BCUT2D eigenvalue weighted by Gasteiger charge is 2.29. The number of aromatic nitrogens is 2. The third-order valence-electron chi connectivity index (χ3n) is 7.73. The Bertz CT molecular complexity index is 1460. The number of hydrogen-bond acceptors (Lipinski definition) is 6. The van der Waals surface area contributed by atoms with Crippen molar-refractivity contribution in [3.63, 3.8) is 0 Å². The minimum absolute atomic E-state index is 0.221. The molecule has 238 valence electrons. The minimum Gasteiger partial charge on any atom is -0.466 e. The molecule has 5 rings (SSSR count). The number of thiazole rings is 1. The van der Waals surface area contributed by atoms with Gasteiger partial charge in [-0.3, -0.25) is 4.79 Å². The molecule has 0 fully saturated rings.